The molecule has 18 heavy (non-hydrogen) atoms. The molecule has 5 heteroatoms. The first-order valence-electron chi connectivity index (χ1n) is 6.37. The molecule has 3 rings (SSSR count). The minimum Gasteiger partial charge on any atom is -0.390 e. The van der Waals surface area contributed by atoms with Gasteiger partial charge in [0.25, 0.3) is 0 Å². The molecule has 0 amide bonds. The van der Waals surface area contributed by atoms with Crippen molar-refractivity contribution >= 4 is 29.5 Å². The first-order valence-corrected chi connectivity index (χ1v) is 7.35. The summed E-state index contributed by atoms with van der Waals surface area (Å²) in [5, 5.41) is 3.44. The first kappa shape index (κ1) is 11.9. The lowest BCUT2D eigenvalue weighted by atomic mass is 10.1. The van der Waals surface area contributed by atoms with Gasteiger partial charge in [-0.15, -0.1) is 11.8 Å². The normalized spacial score (nSPS) is 23.6. The highest BCUT2D eigenvalue weighted by Crippen LogP contribution is 2.38. The van der Waals surface area contributed by atoms with Crippen molar-refractivity contribution in [3.63, 3.8) is 0 Å². The highest BCUT2D eigenvalue weighted by atomic mass is 32.2. The van der Waals surface area contributed by atoms with E-state index >= 15 is 0 Å². The smallest absolute Gasteiger partial charge is 0.0860 e. The molecular formula is C13H18N4S. The molecule has 2 aliphatic rings. The fourth-order valence-electron chi connectivity index (χ4n) is 2.68. The Balaban J connectivity index is 1.90. The van der Waals surface area contributed by atoms with Gasteiger partial charge in [-0.1, -0.05) is 0 Å². The standard InChI is InChI=1S/C13H18N4S/c14-9-16-10-1-2-12-13(7-10)18-6-5-17(12)11-3-4-15-8-11/h1-2,7,9,11,15H,3-6,8H2,(H2,14,16). The van der Waals surface area contributed by atoms with Gasteiger partial charge in [0.05, 0.1) is 17.7 Å². The van der Waals surface area contributed by atoms with E-state index in [1.165, 1.54) is 23.3 Å². The number of thioether (sulfide) groups is 1. The summed E-state index contributed by atoms with van der Waals surface area (Å²) >= 11 is 1.91. The van der Waals surface area contributed by atoms with E-state index in [0.717, 1.165) is 31.1 Å². The molecule has 96 valence electrons. The highest BCUT2D eigenvalue weighted by molar-refractivity contribution is 7.99. The summed E-state index contributed by atoms with van der Waals surface area (Å²) in [6.07, 6.45) is 2.60. The van der Waals surface area contributed by atoms with Gasteiger partial charge < -0.3 is 16.0 Å². The molecule has 4 nitrogen and oxygen atoms in total. The van der Waals surface area contributed by atoms with E-state index in [1.54, 1.807) is 0 Å². The van der Waals surface area contributed by atoms with Crippen LogP contribution in [-0.2, 0) is 0 Å². The molecule has 1 saturated heterocycles. The Morgan fingerprint density at radius 3 is 3.22 bits per heavy atom. The lowest BCUT2D eigenvalue weighted by Gasteiger charge is -2.35. The lowest BCUT2D eigenvalue weighted by Crippen LogP contribution is -2.40. The minimum absolute atomic E-state index is 0.647. The van der Waals surface area contributed by atoms with Crippen molar-refractivity contribution in [1.29, 1.82) is 0 Å². The zero-order chi connectivity index (χ0) is 12.4. The number of nitrogens with two attached hydrogens (primary N) is 1. The second-order valence-electron chi connectivity index (χ2n) is 4.62. The molecule has 1 aromatic carbocycles. The lowest BCUT2D eigenvalue weighted by molar-refractivity contribution is 0.642. The van der Waals surface area contributed by atoms with Crippen LogP contribution in [0.1, 0.15) is 6.42 Å². The van der Waals surface area contributed by atoms with Crippen molar-refractivity contribution in [2.24, 2.45) is 10.7 Å². The van der Waals surface area contributed by atoms with Gasteiger partial charge in [-0.25, -0.2) is 4.99 Å². The Morgan fingerprint density at radius 1 is 1.50 bits per heavy atom. The van der Waals surface area contributed by atoms with Crippen LogP contribution in [0.15, 0.2) is 28.1 Å². The Morgan fingerprint density at radius 2 is 2.44 bits per heavy atom. The third kappa shape index (κ3) is 2.20. The van der Waals surface area contributed by atoms with Gasteiger partial charge in [0.15, 0.2) is 0 Å². The fourth-order valence-corrected chi connectivity index (χ4v) is 3.73. The zero-order valence-electron chi connectivity index (χ0n) is 10.3. The zero-order valence-corrected chi connectivity index (χ0v) is 11.1. The van der Waals surface area contributed by atoms with Crippen LogP contribution in [0, 0.1) is 0 Å². The summed E-state index contributed by atoms with van der Waals surface area (Å²) in [6.45, 7) is 3.38. The molecular weight excluding hydrogens is 244 g/mol. The largest absolute Gasteiger partial charge is 0.390 e. The molecule has 3 N–H and O–H groups in total. The number of aliphatic imine (C=N–C) groups is 1. The summed E-state index contributed by atoms with van der Waals surface area (Å²) in [5.41, 5.74) is 7.64. The van der Waals surface area contributed by atoms with E-state index in [1.807, 2.05) is 17.8 Å². The topological polar surface area (TPSA) is 53.6 Å². The average Bonchev–Trinajstić information content (AvgIpc) is 2.92. The Hall–Kier alpha value is -1.20. The summed E-state index contributed by atoms with van der Waals surface area (Å²) in [6, 6.07) is 7.01. The Kier molecular flexibility index (Phi) is 3.43. The van der Waals surface area contributed by atoms with E-state index in [2.05, 4.69) is 27.3 Å². The van der Waals surface area contributed by atoms with Crippen LogP contribution in [0.2, 0.25) is 0 Å². The second kappa shape index (κ2) is 5.20. The van der Waals surface area contributed by atoms with Gasteiger partial charge in [-0.2, -0.15) is 0 Å². The van der Waals surface area contributed by atoms with Crippen LogP contribution in [0.25, 0.3) is 0 Å². The molecule has 1 atom stereocenters. The quantitative estimate of drug-likeness (QED) is 0.627. The summed E-state index contributed by atoms with van der Waals surface area (Å²) in [7, 11) is 0. The van der Waals surface area contributed by atoms with Gasteiger partial charge in [0.1, 0.15) is 0 Å². The van der Waals surface area contributed by atoms with Crippen molar-refractivity contribution in [2.75, 3.05) is 30.3 Å². The molecule has 2 aliphatic heterocycles. The molecule has 1 unspecified atom stereocenters. The van der Waals surface area contributed by atoms with E-state index in [-0.39, 0.29) is 0 Å². The number of benzene rings is 1. The molecule has 0 aromatic heterocycles. The van der Waals surface area contributed by atoms with E-state index in [9.17, 15) is 0 Å². The average molecular weight is 262 g/mol. The van der Waals surface area contributed by atoms with Gasteiger partial charge >= 0.3 is 0 Å². The number of fused-ring (bicyclic) bond motifs is 1. The molecule has 0 spiro atoms. The number of hydrogen-bond acceptors (Lipinski definition) is 4. The maximum atomic E-state index is 5.35. The van der Waals surface area contributed by atoms with Gasteiger partial charge in [0, 0.05) is 29.8 Å². The molecule has 1 fully saturated rings. The maximum absolute atomic E-state index is 5.35. The number of anilines is 1. The van der Waals surface area contributed by atoms with Crippen LogP contribution < -0.4 is 16.0 Å². The summed E-state index contributed by atoms with van der Waals surface area (Å²) in [5.74, 6) is 1.15. The monoisotopic (exact) mass is 262 g/mol. The van der Waals surface area contributed by atoms with Crippen LogP contribution in [0.3, 0.4) is 0 Å². The van der Waals surface area contributed by atoms with Crippen LogP contribution in [0.5, 0.6) is 0 Å². The van der Waals surface area contributed by atoms with Crippen molar-refractivity contribution in [3.05, 3.63) is 18.2 Å². The van der Waals surface area contributed by atoms with E-state index in [4.69, 9.17) is 5.73 Å². The number of nitrogens with one attached hydrogen (secondary N) is 1. The molecule has 0 aliphatic carbocycles. The molecule has 1 aromatic rings. The van der Waals surface area contributed by atoms with E-state index < -0.39 is 0 Å². The van der Waals surface area contributed by atoms with Crippen molar-refractivity contribution in [3.8, 4) is 0 Å². The third-order valence-corrected chi connectivity index (χ3v) is 4.57. The fraction of sp³-hybridized carbons (Fsp3) is 0.462. The highest BCUT2D eigenvalue weighted by Gasteiger charge is 2.26. The second-order valence-corrected chi connectivity index (χ2v) is 5.76. The molecule has 2 heterocycles. The number of rotatable bonds is 2. The Bertz CT molecular complexity index is 454. The predicted molar refractivity (Wildman–Crippen MR) is 78.1 cm³/mol. The van der Waals surface area contributed by atoms with Crippen LogP contribution in [-0.4, -0.2) is 37.8 Å². The van der Waals surface area contributed by atoms with Crippen LogP contribution >= 0.6 is 11.8 Å². The van der Waals surface area contributed by atoms with Gasteiger partial charge in [-0.3, -0.25) is 0 Å². The molecule has 0 saturated carbocycles. The third-order valence-electron chi connectivity index (χ3n) is 3.54. The van der Waals surface area contributed by atoms with Gasteiger partial charge in [-0.05, 0) is 31.2 Å². The van der Waals surface area contributed by atoms with E-state index in [0.29, 0.717) is 6.04 Å². The van der Waals surface area contributed by atoms with Crippen molar-refractivity contribution in [2.45, 2.75) is 17.4 Å². The summed E-state index contributed by atoms with van der Waals surface area (Å²) < 4.78 is 0. The minimum atomic E-state index is 0.647. The number of hydrogen-bond donors (Lipinski definition) is 2. The summed E-state index contributed by atoms with van der Waals surface area (Å²) in [4.78, 5) is 8.02. The maximum Gasteiger partial charge on any atom is 0.0860 e. The van der Waals surface area contributed by atoms with Gasteiger partial charge in [0.2, 0.25) is 0 Å². The molecule has 0 radical (unpaired) electrons. The van der Waals surface area contributed by atoms with Crippen molar-refractivity contribution < 1.29 is 0 Å². The number of nitrogens with zero attached hydrogens (tertiary/aromatic N) is 2. The van der Waals surface area contributed by atoms with Crippen molar-refractivity contribution in [1.82, 2.24) is 5.32 Å². The Labute approximate surface area is 112 Å². The first-order chi connectivity index (χ1) is 8.88. The van der Waals surface area contributed by atoms with Crippen LogP contribution in [0.4, 0.5) is 11.4 Å². The molecule has 0 bridgehead atoms. The predicted octanol–water partition coefficient (Wildman–Crippen LogP) is 1.58. The SMILES string of the molecule is NC=Nc1ccc2c(c1)SCCN2C1CCNC1.